The third kappa shape index (κ3) is 15.8. The number of carbonyl (C=O) groups is 1. The van der Waals surface area contributed by atoms with Gasteiger partial charge in [-0.25, -0.2) is 47.8 Å². The molecule has 628 valence electrons. The molecule has 8 atom stereocenters. The number of nitrogens with two attached hydrogens (primary N) is 1. The summed E-state index contributed by atoms with van der Waals surface area (Å²) < 4.78 is 52.1. The highest BCUT2D eigenvalue weighted by atomic mass is 19.1. The first kappa shape index (κ1) is 81.0. The number of aliphatic hydroxyl groups is 2. The minimum absolute atomic E-state index is 0.00681. The molecule has 0 aromatic carbocycles. The van der Waals surface area contributed by atoms with Gasteiger partial charge >= 0.3 is 0 Å². The molecule has 7 unspecified atom stereocenters. The van der Waals surface area contributed by atoms with Gasteiger partial charge in [0, 0.05) is 183 Å². The molecule has 12 aliphatic rings. The summed E-state index contributed by atoms with van der Waals surface area (Å²) in [5.41, 5.74) is 13.9. The molecule has 12 aromatic heterocycles. The Morgan fingerprint density at radius 1 is 0.492 bits per heavy atom. The van der Waals surface area contributed by atoms with Crippen LogP contribution < -0.4 is 48.9 Å². The number of piperidine rings is 3. The van der Waals surface area contributed by atoms with Crippen molar-refractivity contribution in [1.82, 2.24) is 73.4 Å². The maximum absolute atomic E-state index is 14.1. The van der Waals surface area contributed by atoms with Gasteiger partial charge in [-0.05, 0) is 130 Å². The van der Waals surface area contributed by atoms with Gasteiger partial charge in [0.2, 0.25) is 23.5 Å². The number of hydrogen-bond acceptors (Lipinski definition) is 27. The number of rotatable bonds is 25. The molecule has 9 saturated heterocycles. The Labute approximate surface area is 714 Å². The fourth-order valence-electron chi connectivity index (χ4n) is 18.8. The van der Waals surface area contributed by atoms with Gasteiger partial charge in [-0.2, -0.15) is 31.1 Å². The first-order chi connectivity index (χ1) is 60.0. The Kier molecular flexibility index (Phi) is 21.4. The lowest BCUT2D eigenvalue weighted by Crippen LogP contribution is -2.69. The summed E-state index contributed by atoms with van der Waals surface area (Å²) in [4.78, 5) is 53.3. The Balaban J connectivity index is 0.000000127. The molecule has 1 amide bonds. The van der Waals surface area contributed by atoms with Gasteiger partial charge in [0.1, 0.15) is 66.1 Å². The second-order valence-corrected chi connectivity index (χ2v) is 33.9. The predicted octanol–water partition coefficient (Wildman–Crippen LogP) is 9.10. The number of anilines is 3. The number of ether oxygens (including phenoxy) is 6. The lowest BCUT2D eigenvalue weighted by Gasteiger charge is -2.68. The molecule has 0 radical (unpaired) electrons. The van der Waals surface area contributed by atoms with Crippen LogP contribution in [0, 0.1) is 75.3 Å². The quantitative estimate of drug-likeness (QED) is 0.0449. The summed E-state index contributed by atoms with van der Waals surface area (Å²) in [5, 5.41) is 62.4. The van der Waals surface area contributed by atoms with Crippen molar-refractivity contribution in [1.29, 1.82) is 15.8 Å². The summed E-state index contributed by atoms with van der Waals surface area (Å²) >= 11 is 0. The van der Waals surface area contributed by atoms with E-state index in [-0.39, 0.29) is 35.8 Å². The van der Waals surface area contributed by atoms with Gasteiger partial charge in [-0.3, -0.25) is 19.5 Å². The maximum atomic E-state index is 14.1. The normalized spacial score (nSPS) is 22.2. The van der Waals surface area contributed by atoms with Crippen LogP contribution in [0.5, 0.6) is 34.9 Å². The van der Waals surface area contributed by atoms with Crippen LogP contribution in [0.15, 0.2) is 159 Å². The monoisotopic (exact) mass is 1660 g/mol. The average Bonchev–Trinajstić information content (AvgIpc) is 0.749. The van der Waals surface area contributed by atoms with Crippen molar-refractivity contribution in [3.63, 3.8) is 0 Å². The number of terminal acetylenes is 2. The Morgan fingerprint density at radius 3 is 1.16 bits per heavy atom. The molecule has 12 aromatic rings. The Bertz CT molecular complexity index is 6230. The van der Waals surface area contributed by atoms with Crippen molar-refractivity contribution in [2.45, 2.75) is 119 Å². The topological polar surface area (TPSA) is 359 Å². The number of methoxy groups -OCH3 is 3. The van der Waals surface area contributed by atoms with Crippen LogP contribution in [0.25, 0.3) is 49.9 Å². The molecular formula is C92H89FN22O9. The second-order valence-electron chi connectivity index (χ2n) is 33.9. The Morgan fingerprint density at radius 2 is 0.855 bits per heavy atom. The first-order valence-corrected chi connectivity index (χ1v) is 40.9. The molecule has 3 saturated carbocycles. The van der Waals surface area contributed by atoms with Crippen molar-refractivity contribution >= 4 is 39.9 Å². The standard InChI is InChI=1S/C32H32N8O3.C30H28FN7O3.C30H29N7O3/c1-42-28-5-2-20(9-36-28)12-39-23-6-24(39)14-38(13-23)27-4-3-21(10-35-27)26-7-25(15-40-29(26)22(8-33)11-37-40)43-19-31-16-32(17-31,18-31)30(34)41;1-4-30(2,39)18-41-24-9-25(28-21(10-32)13-35-38(28)17-24)20-5-6-27(33-12-20)36-15-22-8-23(16-36)37(22)14-19-7-26(31)29(40-3)34-11-19;1-4-30(2,38)19-40-25-10-26(29-22(11-31)14-34-37(29)18-25)21-6-7-27(32-13-21)35-16-23-9-24(17-35)36(23)15-20-5-8-28(39-3)33-12-20/h2-5,7,9-11,15,23-24H,6,12-14,16-19H2,1H3,(H2,34,41);1,5-7,9,11-13,17,22-23,39H,8,14-16,18H2,2-3H3;1,5-8,10,12-14,18,23-24,38H,9,15-17,19H2,2-3H3/t;;23?,24?,30-/m..0/s1. The van der Waals surface area contributed by atoms with E-state index >= 15 is 0 Å². The zero-order valence-corrected chi connectivity index (χ0v) is 69.0. The molecule has 21 heterocycles. The fourth-order valence-corrected chi connectivity index (χ4v) is 18.8. The van der Waals surface area contributed by atoms with Crippen molar-refractivity contribution in [3.8, 4) is 111 Å². The van der Waals surface area contributed by atoms with Crippen LogP contribution in [0.4, 0.5) is 21.8 Å². The van der Waals surface area contributed by atoms with E-state index in [9.17, 15) is 35.2 Å². The number of pyridine rings is 9. The van der Waals surface area contributed by atoms with Crippen LogP contribution in [0.3, 0.4) is 0 Å². The molecule has 8 bridgehead atoms. The van der Waals surface area contributed by atoms with Crippen LogP contribution in [-0.2, 0) is 24.4 Å². The molecule has 12 fully saturated rings. The minimum atomic E-state index is -1.42. The number of halogens is 1. The van der Waals surface area contributed by atoms with E-state index in [4.69, 9.17) is 62.0 Å². The summed E-state index contributed by atoms with van der Waals surface area (Å²) in [6, 6.07) is 36.4. The molecule has 124 heavy (non-hydrogen) atoms. The van der Waals surface area contributed by atoms with Crippen LogP contribution in [0.2, 0.25) is 0 Å². The smallest absolute Gasteiger partial charge is 0.250 e. The van der Waals surface area contributed by atoms with Gasteiger partial charge < -0.3 is 59.1 Å². The van der Waals surface area contributed by atoms with Crippen LogP contribution in [-0.4, -0.2) is 217 Å². The van der Waals surface area contributed by atoms with Crippen molar-refractivity contribution in [2.75, 3.05) is 95.1 Å². The molecule has 24 rings (SSSR count). The number of piperazine rings is 3. The van der Waals surface area contributed by atoms with Gasteiger partial charge in [0.25, 0.3) is 0 Å². The second kappa shape index (κ2) is 32.7. The highest BCUT2D eigenvalue weighted by molar-refractivity contribution is 5.88. The van der Waals surface area contributed by atoms with Crippen molar-refractivity contribution < 1.29 is 47.8 Å². The highest BCUT2D eigenvalue weighted by Crippen LogP contribution is 2.73. The van der Waals surface area contributed by atoms with Gasteiger partial charge in [-0.1, -0.05) is 24.0 Å². The SMILES string of the molecule is C#CC(C)(O)COc1cc(-c2ccc(N3CC4CC(C3)N4Cc3cnc(OC)c(F)c3)nc2)c2c(C#N)cnn2c1.C#C[C@](C)(O)COc1cc(-c2ccc(N3CC4CC(C3)N4Cc3ccc(OC)nc3)nc2)c2c(C#N)cnn2c1.COc1ccc(CN2C3CC2CN(c2ccc(-c4cc(OCC56CC(C(N)=O)(C5)C6)cn5ncc(C#N)c45)cn2)C3)cn1. The average molecular weight is 1670 g/mol. The van der Waals surface area contributed by atoms with Gasteiger partial charge in [0.05, 0.1) is 104 Å². The Hall–Kier alpha value is -14.0. The summed E-state index contributed by atoms with van der Waals surface area (Å²) in [6.07, 6.45) is 37.3. The number of primary amides is 1. The van der Waals surface area contributed by atoms with E-state index in [1.807, 2.05) is 79.5 Å². The lowest BCUT2D eigenvalue weighted by atomic mass is 9.35. The number of fused-ring (bicyclic) bond motifs is 9. The van der Waals surface area contributed by atoms with E-state index < -0.39 is 17.0 Å². The number of nitriles is 3. The molecular weight excluding hydrogens is 1580 g/mol. The number of aromatic nitrogens is 12. The molecule has 9 aliphatic heterocycles. The van der Waals surface area contributed by atoms with Crippen molar-refractivity contribution in [2.24, 2.45) is 16.6 Å². The molecule has 31 nitrogen and oxygen atoms in total. The third-order valence-electron chi connectivity index (χ3n) is 25.3. The molecule has 4 N–H and O–H groups in total. The minimum Gasteiger partial charge on any atom is -0.491 e. The van der Waals surface area contributed by atoms with Gasteiger partial charge in [0.15, 0.2) is 17.0 Å². The van der Waals surface area contributed by atoms with E-state index in [1.54, 1.807) is 64.8 Å². The van der Waals surface area contributed by atoms with E-state index in [2.05, 4.69) is 114 Å². The molecule has 3 aliphatic carbocycles. The van der Waals surface area contributed by atoms with E-state index in [0.29, 0.717) is 106 Å². The van der Waals surface area contributed by atoms with Crippen LogP contribution >= 0.6 is 0 Å². The number of amides is 1. The summed E-state index contributed by atoms with van der Waals surface area (Å²) in [7, 11) is 4.66. The number of nitrogens with zero attached hydrogens (tertiary/aromatic N) is 21. The van der Waals surface area contributed by atoms with Crippen LogP contribution in [0.1, 0.15) is 85.8 Å². The highest BCUT2D eigenvalue weighted by Gasteiger charge is 2.71. The fraction of sp³-hybridized carbons (Fsp3) is 0.359. The zero-order valence-electron chi connectivity index (χ0n) is 69.0. The number of hydrogen-bond donors (Lipinski definition) is 3. The third-order valence-corrected chi connectivity index (χ3v) is 25.3. The molecule has 0 spiro atoms. The van der Waals surface area contributed by atoms with E-state index in [0.717, 1.165) is 140 Å². The lowest BCUT2D eigenvalue weighted by molar-refractivity contribution is -0.214. The largest absolute Gasteiger partial charge is 0.491 e. The van der Waals surface area contributed by atoms with Gasteiger partial charge in [-0.15, -0.1) is 12.8 Å². The predicted molar refractivity (Wildman–Crippen MR) is 455 cm³/mol. The first-order valence-electron chi connectivity index (χ1n) is 40.9. The summed E-state index contributed by atoms with van der Waals surface area (Å²) in [5.74, 6) is 9.55. The maximum Gasteiger partial charge on any atom is 0.250 e. The number of carbonyl (C=O) groups excluding carboxylic acids is 1. The zero-order chi connectivity index (χ0) is 85.9. The molecule has 32 heteroatoms. The summed E-state index contributed by atoms with van der Waals surface area (Å²) in [6.45, 7) is 11.1. The van der Waals surface area contributed by atoms with Crippen molar-refractivity contribution in [3.05, 3.63) is 198 Å². The van der Waals surface area contributed by atoms with E-state index in [1.165, 1.54) is 63.4 Å².